The molecule has 2 aromatic heterocycles. The van der Waals surface area contributed by atoms with Crippen molar-refractivity contribution in [3.8, 4) is 0 Å². The Kier molecular flexibility index (Phi) is 2.49. The van der Waals surface area contributed by atoms with Crippen molar-refractivity contribution >= 4 is 43.7 Å². The summed E-state index contributed by atoms with van der Waals surface area (Å²) in [7, 11) is 0. The van der Waals surface area contributed by atoms with Crippen LogP contribution in [0.1, 0.15) is 6.92 Å². The van der Waals surface area contributed by atoms with Crippen molar-refractivity contribution in [2.45, 2.75) is 13.0 Å². The maximum atomic E-state index is 11.3. The molecule has 0 unspecified atom stereocenters. The Morgan fingerprint density at radius 3 is 3.11 bits per heavy atom. The van der Waals surface area contributed by atoms with Crippen LogP contribution >= 0.6 is 11.3 Å². The number of benzene rings is 1. The van der Waals surface area contributed by atoms with Crippen molar-refractivity contribution in [1.29, 1.82) is 0 Å². The first-order valence-corrected chi connectivity index (χ1v) is 6.08. The van der Waals surface area contributed by atoms with Crippen LogP contribution in [0.4, 0.5) is 5.13 Å². The van der Waals surface area contributed by atoms with E-state index >= 15 is 0 Å². The molecule has 92 valence electrons. The molecule has 0 aliphatic carbocycles. The smallest absolute Gasteiger partial charge is 0.254 e. The van der Waals surface area contributed by atoms with Crippen LogP contribution in [-0.2, 0) is 4.79 Å². The van der Waals surface area contributed by atoms with Crippen LogP contribution < -0.4 is 5.32 Å². The van der Waals surface area contributed by atoms with Crippen molar-refractivity contribution in [3.63, 3.8) is 0 Å². The maximum absolute atomic E-state index is 11.3. The summed E-state index contributed by atoms with van der Waals surface area (Å²) < 4.78 is 6.08. The number of anilines is 1. The molecule has 1 amide bonds. The molecule has 0 saturated heterocycles. The van der Waals surface area contributed by atoms with Crippen molar-refractivity contribution in [2.24, 2.45) is 0 Å². The van der Waals surface area contributed by atoms with E-state index in [1.54, 1.807) is 6.07 Å². The Morgan fingerprint density at radius 2 is 2.33 bits per heavy atom. The number of aromatic nitrogens is 2. The number of nitrogens with one attached hydrogen (secondary N) is 1. The molecular formula is C11H9N3O3S. The first-order valence-electron chi connectivity index (χ1n) is 5.26. The first kappa shape index (κ1) is 11.1. The zero-order chi connectivity index (χ0) is 12.7. The number of rotatable bonds is 2. The minimum atomic E-state index is -1.06. The van der Waals surface area contributed by atoms with Crippen LogP contribution in [0.3, 0.4) is 0 Å². The molecule has 18 heavy (non-hydrogen) atoms. The minimum absolute atomic E-state index is 0.448. The summed E-state index contributed by atoms with van der Waals surface area (Å²) in [5, 5.41) is 12.1. The Labute approximate surface area is 105 Å². The highest BCUT2D eigenvalue weighted by atomic mass is 32.1. The third-order valence-corrected chi connectivity index (χ3v) is 3.38. The Hall–Kier alpha value is -1.99. The SMILES string of the molecule is C[C@@H](O)C(=O)Nc1nc2cc3ocnc3cc2s1. The quantitative estimate of drug-likeness (QED) is 0.735. The number of hydrogen-bond acceptors (Lipinski definition) is 6. The molecule has 1 atom stereocenters. The van der Waals surface area contributed by atoms with E-state index in [0.717, 1.165) is 15.7 Å². The molecule has 3 aromatic rings. The predicted molar refractivity (Wildman–Crippen MR) is 67.5 cm³/mol. The molecule has 0 fully saturated rings. The number of carbonyl (C=O) groups is 1. The number of oxazole rings is 1. The highest BCUT2D eigenvalue weighted by Gasteiger charge is 2.13. The molecule has 0 spiro atoms. The monoisotopic (exact) mass is 263 g/mol. The Balaban J connectivity index is 2.02. The predicted octanol–water partition coefficient (Wildman–Crippen LogP) is 1.76. The molecule has 0 aliphatic rings. The minimum Gasteiger partial charge on any atom is -0.443 e. The van der Waals surface area contributed by atoms with Crippen LogP contribution in [-0.4, -0.2) is 27.1 Å². The van der Waals surface area contributed by atoms with Crippen molar-refractivity contribution in [2.75, 3.05) is 5.32 Å². The van der Waals surface area contributed by atoms with Gasteiger partial charge in [0.2, 0.25) is 0 Å². The summed E-state index contributed by atoms with van der Waals surface area (Å²) in [5.41, 5.74) is 2.13. The summed E-state index contributed by atoms with van der Waals surface area (Å²) in [5.74, 6) is -0.476. The van der Waals surface area contributed by atoms with Gasteiger partial charge in [-0.15, -0.1) is 0 Å². The average Bonchev–Trinajstić information content (AvgIpc) is 2.89. The summed E-state index contributed by atoms with van der Waals surface area (Å²) in [4.78, 5) is 19.7. The number of aliphatic hydroxyl groups is 1. The summed E-state index contributed by atoms with van der Waals surface area (Å²) in [6, 6.07) is 3.62. The van der Waals surface area contributed by atoms with Gasteiger partial charge in [0.15, 0.2) is 17.1 Å². The number of amides is 1. The topological polar surface area (TPSA) is 88.2 Å². The zero-order valence-electron chi connectivity index (χ0n) is 9.38. The molecule has 0 radical (unpaired) electrons. The fourth-order valence-corrected chi connectivity index (χ4v) is 2.43. The molecule has 1 aromatic carbocycles. The van der Waals surface area contributed by atoms with E-state index < -0.39 is 12.0 Å². The molecule has 2 N–H and O–H groups in total. The third-order valence-electron chi connectivity index (χ3n) is 2.45. The van der Waals surface area contributed by atoms with Gasteiger partial charge in [-0.1, -0.05) is 11.3 Å². The number of fused-ring (bicyclic) bond motifs is 2. The van der Waals surface area contributed by atoms with Gasteiger partial charge in [-0.05, 0) is 13.0 Å². The zero-order valence-corrected chi connectivity index (χ0v) is 10.2. The Morgan fingerprint density at radius 1 is 1.50 bits per heavy atom. The molecule has 0 saturated carbocycles. The Bertz CT molecular complexity index is 683. The fourth-order valence-electron chi connectivity index (χ4n) is 1.54. The van der Waals surface area contributed by atoms with Gasteiger partial charge in [0.05, 0.1) is 10.2 Å². The number of nitrogens with zero attached hydrogens (tertiary/aromatic N) is 2. The van der Waals surface area contributed by atoms with Crippen LogP contribution in [0.2, 0.25) is 0 Å². The highest BCUT2D eigenvalue weighted by Crippen LogP contribution is 2.29. The second kappa shape index (κ2) is 4.04. The molecule has 0 aliphatic heterocycles. The lowest BCUT2D eigenvalue weighted by atomic mass is 10.3. The molecule has 7 heteroatoms. The second-order valence-electron chi connectivity index (χ2n) is 3.82. The number of aliphatic hydroxyl groups excluding tert-OH is 1. The van der Waals surface area contributed by atoms with Crippen molar-refractivity contribution in [1.82, 2.24) is 9.97 Å². The summed E-state index contributed by atoms with van der Waals surface area (Å²) in [6.45, 7) is 1.40. The van der Waals surface area contributed by atoms with Gasteiger partial charge in [0, 0.05) is 6.07 Å². The van der Waals surface area contributed by atoms with Crippen LogP contribution in [0, 0.1) is 0 Å². The van der Waals surface area contributed by atoms with E-state index in [1.165, 1.54) is 24.7 Å². The van der Waals surface area contributed by atoms with E-state index in [1.807, 2.05) is 6.07 Å². The molecular weight excluding hydrogens is 254 g/mol. The highest BCUT2D eigenvalue weighted by molar-refractivity contribution is 7.22. The van der Waals surface area contributed by atoms with Gasteiger partial charge in [-0.2, -0.15) is 0 Å². The van der Waals surface area contributed by atoms with E-state index in [9.17, 15) is 4.79 Å². The van der Waals surface area contributed by atoms with Crippen LogP contribution in [0.25, 0.3) is 21.3 Å². The number of thiazole rings is 1. The molecule has 2 heterocycles. The average molecular weight is 263 g/mol. The largest absolute Gasteiger partial charge is 0.443 e. The lowest BCUT2D eigenvalue weighted by Crippen LogP contribution is -2.24. The van der Waals surface area contributed by atoms with E-state index in [-0.39, 0.29) is 0 Å². The molecule has 6 nitrogen and oxygen atoms in total. The first-order chi connectivity index (χ1) is 8.63. The molecule has 3 rings (SSSR count). The van der Waals surface area contributed by atoms with E-state index in [2.05, 4.69) is 15.3 Å². The summed E-state index contributed by atoms with van der Waals surface area (Å²) >= 11 is 1.33. The van der Waals surface area contributed by atoms with Crippen LogP contribution in [0.15, 0.2) is 22.9 Å². The standard InChI is InChI=1S/C11H9N3O3S/c1-5(15)10(16)14-11-13-7-2-8-6(12-4-17-8)3-9(7)18-11/h2-5,15H,1H3,(H,13,14,16)/t5-/m1/s1. The summed E-state index contributed by atoms with van der Waals surface area (Å²) in [6.07, 6.45) is 0.319. The van der Waals surface area contributed by atoms with Crippen LogP contribution in [0.5, 0.6) is 0 Å². The van der Waals surface area contributed by atoms with Gasteiger partial charge in [0.1, 0.15) is 11.6 Å². The van der Waals surface area contributed by atoms with Gasteiger partial charge in [-0.25, -0.2) is 9.97 Å². The van der Waals surface area contributed by atoms with Crippen molar-refractivity contribution in [3.05, 3.63) is 18.5 Å². The third kappa shape index (κ3) is 1.83. The number of hydrogen-bond donors (Lipinski definition) is 2. The maximum Gasteiger partial charge on any atom is 0.254 e. The van der Waals surface area contributed by atoms with Gasteiger partial charge in [0.25, 0.3) is 5.91 Å². The lowest BCUT2D eigenvalue weighted by molar-refractivity contribution is -0.123. The fraction of sp³-hybridized carbons (Fsp3) is 0.182. The van der Waals surface area contributed by atoms with Gasteiger partial charge in [-0.3, -0.25) is 10.1 Å². The lowest BCUT2D eigenvalue weighted by Gasteiger charge is -2.02. The second-order valence-corrected chi connectivity index (χ2v) is 4.85. The van der Waals surface area contributed by atoms with E-state index in [4.69, 9.17) is 9.52 Å². The van der Waals surface area contributed by atoms with Crippen molar-refractivity contribution < 1.29 is 14.3 Å². The van der Waals surface area contributed by atoms with Gasteiger partial charge >= 0.3 is 0 Å². The van der Waals surface area contributed by atoms with E-state index in [0.29, 0.717) is 10.7 Å². The molecule has 0 bridgehead atoms. The normalized spacial score (nSPS) is 13.0. The number of carbonyl (C=O) groups excluding carboxylic acids is 1. The van der Waals surface area contributed by atoms with Gasteiger partial charge < -0.3 is 9.52 Å².